The molecule has 0 aliphatic rings. The number of rotatable bonds is 2. The summed E-state index contributed by atoms with van der Waals surface area (Å²) < 4.78 is 0. The van der Waals surface area contributed by atoms with E-state index in [-0.39, 0.29) is 0 Å². The molecule has 0 aliphatic carbocycles. The smallest absolute Gasteiger partial charge is 0.130 e. The molecule has 15 heavy (non-hydrogen) atoms. The van der Waals surface area contributed by atoms with Crippen LogP contribution in [0.5, 0.6) is 0 Å². The summed E-state index contributed by atoms with van der Waals surface area (Å²) in [7, 11) is 0. The van der Waals surface area contributed by atoms with Gasteiger partial charge in [-0.25, -0.2) is 4.98 Å². The lowest BCUT2D eigenvalue weighted by molar-refractivity contribution is 1.31. The molecule has 2 nitrogen and oxygen atoms in total. The van der Waals surface area contributed by atoms with Gasteiger partial charge in [0, 0.05) is 16.9 Å². The normalized spacial score (nSPS) is 10.0. The molecule has 2 rings (SSSR count). The summed E-state index contributed by atoms with van der Waals surface area (Å²) >= 11 is 11.6. The Morgan fingerprint density at radius 1 is 1.00 bits per heavy atom. The van der Waals surface area contributed by atoms with Gasteiger partial charge in [0.05, 0.1) is 5.02 Å². The van der Waals surface area contributed by atoms with Crippen molar-refractivity contribution in [1.82, 2.24) is 4.98 Å². The van der Waals surface area contributed by atoms with E-state index in [0.29, 0.717) is 10.0 Å². The highest BCUT2D eigenvalue weighted by Crippen LogP contribution is 2.19. The summed E-state index contributed by atoms with van der Waals surface area (Å²) in [6.07, 6.45) is 1.59. The van der Waals surface area contributed by atoms with Crippen molar-refractivity contribution in [2.45, 2.75) is 0 Å². The van der Waals surface area contributed by atoms with Crippen molar-refractivity contribution < 1.29 is 0 Å². The van der Waals surface area contributed by atoms with E-state index in [1.54, 1.807) is 12.3 Å². The van der Waals surface area contributed by atoms with Crippen LogP contribution in [0.4, 0.5) is 11.5 Å². The van der Waals surface area contributed by atoms with E-state index in [4.69, 9.17) is 23.2 Å². The van der Waals surface area contributed by atoms with E-state index in [2.05, 4.69) is 10.3 Å². The Hall–Kier alpha value is -1.25. The van der Waals surface area contributed by atoms with E-state index in [0.717, 1.165) is 11.5 Å². The third-order valence-electron chi connectivity index (χ3n) is 1.82. The average molecular weight is 239 g/mol. The Balaban J connectivity index is 2.18. The molecule has 0 radical (unpaired) electrons. The van der Waals surface area contributed by atoms with E-state index in [1.165, 1.54) is 0 Å². The van der Waals surface area contributed by atoms with Crippen molar-refractivity contribution in [1.29, 1.82) is 0 Å². The van der Waals surface area contributed by atoms with Gasteiger partial charge in [-0.15, -0.1) is 0 Å². The van der Waals surface area contributed by atoms with Crippen molar-refractivity contribution in [3.8, 4) is 0 Å². The van der Waals surface area contributed by atoms with Gasteiger partial charge in [-0.1, -0.05) is 29.3 Å². The second-order valence-electron chi connectivity index (χ2n) is 3.00. The third-order valence-corrected chi connectivity index (χ3v) is 2.28. The number of anilines is 2. The Morgan fingerprint density at radius 3 is 2.53 bits per heavy atom. The number of hydrogen-bond donors (Lipinski definition) is 1. The lowest BCUT2D eigenvalue weighted by Crippen LogP contribution is -1.92. The van der Waals surface area contributed by atoms with Gasteiger partial charge >= 0.3 is 0 Å². The predicted molar refractivity (Wildman–Crippen MR) is 64.0 cm³/mol. The molecule has 0 fully saturated rings. The monoisotopic (exact) mass is 238 g/mol. The molecule has 1 N–H and O–H groups in total. The summed E-state index contributed by atoms with van der Waals surface area (Å²) in [4.78, 5) is 4.12. The van der Waals surface area contributed by atoms with Crippen LogP contribution in [-0.4, -0.2) is 4.98 Å². The molecule has 1 heterocycles. The first-order valence-electron chi connectivity index (χ1n) is 4.38. The fourth-order valence-corrected chi connectivity index (χ4v) is 1.47. The number of halogens is 2. The van der Waals surface area contributed by atoms with Crippen LogP contribution in [0, 0.1) is 0 Å². The number of hydrogen-bond acceptors (Lipinski definition) is 2. The van der Waals surface area contributed by atoms with Gasteiger partial charge in [0.2, 0.25) is 0 Å². The highest BCUT2D eigenvalue weighted by atomic mass is 35.5. The molecule has 4 heteroatoms. The second-order valence-corrected chi connectivity index (χ2v) is 3.87. The van der Waals surface area contributed by atoms with Crippen molar-refractivity contribution in [2.75, 3.05) is 5.32 Å². The average Bonchev–Trinajstić information content (AvgIpc) is 2.22. The Morgan fingerprint density at radius 2 is 1.87 bits per heavy atom. The standard InChI is InChI=1S/C11H8Cl2N2/c12-8-2-1-3-10(6-8)15-11-5-4-9(13)7-14-11/h1-7H,(H,14,15). The van der Waals surface area contributed by atoms with Crippen LogP contribution in [0.3, 0.4) is 0 Å². The fraction of sp³-hybridized carbons (Fsp3) is 0. The molecule has 0 bridgehead atoms. The first-order chi connectivity index (χ1) is 7.24. The highest BCUT2D eigenvalue weighted by Gasteiger charge is 1.96. The lowest BCUT2D eigenvalue weighted by Gasteiger charge is -2.05. The maximum atomic E-state index is 5.85. The van der Waals surface area contributed by atoms with Gasteiger partial charge in [0.25, 0.3) is 0 Å². The summed E-state index contributed by atoms with van der Waals surface area (Å²) in [5.41, 5.74) is 0.900. The minimum absolute atomic E-state index is 0.617. The lowest BCUT2D eigenvalue weighted by atomic mass is 10.3. The molecule has 0 saturated heterocycles. The topological polar surface area (TPSA) is 24.9 Å². The molecule has 1 aromatic carbocycles. The zero-order valence-electron chi connectivity index (χ0n) is 7.74. The zero-order valence-corrected chi connectivity index (χ0v) is 9.26. The number of benzene rings is 1. The van der Waals surface area contributed by atoms with Gasteiger partial charge in [0.15, 0.2) is 0 Å². The molecular weight excluding hydrogens is 231 g/mol. The number of nitrogens with one attached hydrogen (secondary N) is 1. The minimum atomic E-state index is 0.617. The largest absolute Gasteiger partial charge is 0.340 e. The summed E-state index contributed by atoms with van der Waals surface area (Å²) in [6, 6.07) is 11.0. The quantitative estimate of drug-likeness (QED) is 0.852. The number of nitrogens with zero attached hydrogens (tertiary/aromatic N) is 1. The SMILES string of the molecule is Clc1ccc(Nc2cccc(Cl)c2)nc1. The molecule has 0 aliphatic heterocycles. The molecule has 0 atom stereocenters. The van der Waals surface area contributed by atoms with Crippen molar-refractivity contribution in [3.05, 3.63) is 52.6 Å². The summed E-state index contributed by atoms with van der Waals surface area (Å²) in [5.74, 6) is 0.738. The van der Waals surface area contributed by atoms with Crippen LogP contribution in [0.1, 0.15) is 0 Å². The summed E-state index contributed by atoms with van der Waals surface area (Å²) in [6.45, 7) is 0. The van der Waals surface area contributed by atoms with Crippen LogP contribution >= 0.6 is 23.2 Å². The molecule has 2 aromatic rings. The molecule has 0 amide bonds. The van der Waals surface area contributed by atoms with Crippen LogP contribution in [0.2, 0.25) is 10.0 Å². The van der Waals surface area contributed by atoms with Crippen molar-refractivity contribution in [2.24, 2.45) is 0 Å². The van der Waals surface area contributed by atoms with E-state index in [1.807, 2.05) is 30.3 Å². The number of pyridine rings is 1. The first-order valence-corrected chi connectivity index (χ1v) is 5.14. The van der Waals surface area contributed by atoms with Crippen molar-refractivity contribution >= 4 is 34.7 Å². The zero-order chi connectivity index (χ0) is 10.7. The number of aromatic nitrogens is 1. The van der Waals surface area contributed by atoms with Gasteiger partial charge in [-0.05, 0) is 30.3 Å². The molecule has 0 saturated carbocycles. The van der Waals surface area contributed by atoms with Crippen LogP contribution < -0.4 is 5.32 Å². The van der Waals surface area contributed by atoms with Gasteiger partial charge < -0.3 is 5.32 Å². The fourth-order valence-electron chi connectivity index (χ4n) is 1.16. The Bertz CT molecular complexity index is 454. The molecule has 76 valence electrons. The molecule has 0 spiro atoms. The van der Waals surface area contributed by atoms with Crippen LogP contribution in [0.25, 0.3) is 0 Å². The Kier molecular flexibility index (Phi) is 3.09. The maximum Gasteiger partial charge on any atom is 0.130 e. The van der Waals surface area contributed by atoms with Crippen LogP contribution in [-0.2, 0) is 0 Å². The van der Waals surface area contributed by atoms with Crippen molar-refractivity contribution in [3.63, 3.8) is 0 Å². The second kappa shape index (κ2) is 4.51. The minimum Gasteiger partial charge on any atom is -0.340 e. The van der Waals surface area contributed by atoms with Crippen LogP contribution in [0.15, 0.2) is 42.6 Å². The molecular formula is C11H8Cl2N2. The molecule has 1 aromatic heterocycles. The van der Waals surface area contributed by atoms with E-state index < -0.39 is 0 Å². The van der Waals surface area contributed by atoms with Gasteiger partial charge in [0.1, 0.15) is 5.82 Å². The summed E-state index contributed by atoms with van der Waals surface area (Å²) in [5, 5.41) is 4.42. The van der Waals surface area contributed by atoms with E-state index in [9.17, 15) is 0 Å². The Labute approximate surface area is 97.9 Å². The van der Waals surface area contributed by atoms with Gasteiger partial charge in [-0.2, -0.15) is 0 Å². The predicted octanol–water partition coefficient (Wildman–Crippen LogP) is 4.13. The highest BCUT2D eigenvalue weighted by molar-refractivity contribution is 6.31. The van der Waals surface area contributed by atoms with E-state index >= 15 is 0 Å². The van der Waals surface area contributed by atoms with Gasteiger partial charge in [-0.3, -0.25) is 0 Å². The third kappa shape index (κ3) is 2.85. The molecule has 0 unspecified atom stereocenters. The first kappa shape index (κ1) is 10.3. The maximum absolute atomic E-state index is 5.85.